The number of hydrogen-bond acceptors (Lipinski definition) is 11. The van der Waals surface area contributed by atoms with Crippen LogP contribution >= 0.6 is 0 Å². The second-order valence-electron chi connectivity index (χ2n) is 10.1. The summed E-state index contributed by atoms with van der Waals surface area (Å²) in [5.41, 5.74) is 2.16. The third-order valence-electron chi connectivity index (χ3n) is 6.78. The van der Waals surface area contributed by atoms with Crippen LogP contribution in [-0.2, 0) is 19.1 Å². The molecule has 12 heteroatoms. The number of ether oxygens (including phenoxy) is 4. The standard InChI is InChI=1S/C31H39N3O9/c1-19-10-6-7-11-26(19)42-18-24(36)17-32-14-8-9-15-41-27-13-12-23(34(38)39)16-25(27)29-28(31(37)40-5)20(2)33-21(3)30(29)43-22(4)35/h6-7,10-13,16,24,29,32-33,36H,8-9,14-15,17-18H2,1-5H3/t24-,29?/m0/s1. The van der Waals surface area contributed by atoms with E-state index in [1.165, 1.54) is 32.2 Å². The van der Waals surface area contributed by atoms with Crippen molar-refractivity contribution in [3.8, 4) is 11.5 Å². The van der Waals surface area contributed by atoms with Gasteiger partial charge in [0.2, 0.25) is 0 Å². The Morgan fingerprint density at radius 2 is 1.81 bits per heavy atom. The number of aliphatic hydroxyl groups excluding tert-OH is 1. The number of nitro groups is 1. The molecule has 1 heterocycles. The minimum absolute atomic E-state index is 0.123. The second-order valence-corrected chi connectivity index (χ2v) is 10.1. The van der Waals surface area contributed by atoms with E-state index in [1.807, 2.05) is 31.2 Å². The lowest BCUT2D eigenvalue weighted by Gasteiger charge is -2.31. The number of dihydropyridines is 1. The quantitative estimate of drug-likeness (QED) is 0.118. The summed E-state index contributed by atoms with van der Waals surface area (Å²) in [6, 6.07) is 11.7. The summed E-state index contributed by atoms with van der Waals surface area (Å²) in [5, 5.41) is 28.1. The van der Waals surface area contributed by atoms with Crippen LogP contribution < -0.4 is 20.1 Å². The molecule has 3 rings (SSSR count). The molecule has 0 amide bonds. The van der Waals surface area contributed by atoms with E-state index in [-0.39, 0.29) is 30.2 Å². The van der Waals surface area contributed by atoms with Gasteiger partial charge in [-0.1, -0.05) is 18.2 Å². The molecule has 0 fully saturated rings. The summed E-state index contributed by atoms with van der Waals surface area (Å²) in [5.74, 6) is -1.11. The van der Waals surface area contributed by atoms with Gasteiger partial charge in [-0.2, -0.15) is 0 Å². The third kappa shape index (κ3) is 9.03. The zero-order valence-electron chi connectivity index (χ0n) is 25.1. The third-order valence-corrected chi connectivity index (χ3v) is 6.78. The Morgan fingerprint density at radius 3 is 2.49 bits per heavy atom. The number of hydrogen-bond donors (Lipinski definition) is 3. The molecule has 12 nitrogen and oxygen atoms in total. The molecular formula is C31H39N3O9. The largest absolute Gasteiger partial charge is 0.493 e. The monoisotopic (exact) mass is 597 g/mol. The van der Waals surface area contributed by atoms with Crippen molar-refractivity contribution in [2.24, 2.45) is 0 Å². The number of para-hydroxylation sites is 1. The first-order chi connectivity index (χ1) is 20.5. The zero-order chi connectivity index (χ0) is 31.5. The summed E-state index contributed by atoms with van der Waals surface area (Å²) in [6.45, 7) is 7.96. The van der Waals surface area contributed by atoms with Gasteiger partial charge in [0.25, 0.3) is 5.69 Å². The van der Waals surface area contributed by atoms with Crippen LogP contribution in [0.3, 0.4) is 0 Å². The Bertz CT molecular complexity index is 1390. The van der Waals surface area contributed by atoms with Crippen LogP contribution in [0, 0.1) is 17.0 Å². The van der Waals surface area contributed by atoms with E-state index in [4.69, 9.17) is 18.9 Å². The average Bonchev–Trinajstić information content (AvgIpc) is 2.96. The molecule has 0 spiro atoms. The molecule has 43 heavy (non-hydrogen) atoms. The maximum Gasteiger partial charge on any atom is 0.336 e. The van der Waals surface area contributed by atoms with Crippen molar-refractivity contribution < 1.29 is 38.6 Å². The van der Waals surface area contributed by atoms with Gasteiger partial charge < -0.3 is 34.7 Å². The minimum atomic E-state index is -0.988. The lowest BCUT2D eigenvalue weighted by Crippen LogP contribution is -2.32. The number of carbonyl (C=O) groups is 2. The lowest BCUT2D eigenvalue weighted by molar-refractivity contribution is -0.384. The van der Waals surface area contributed by atoms with E-state index in [2.05, 4.69) is 10.6 Å². The fourth-order valence-corrected chi connectivity index (χ4v) is 4.71. The van der Waals surface area contributed by atoms with Crippen LogP contribution in [0.1, 0.15) is 50.7 Å². The molecule has 232 valence electrons. The molecule has 0 saturated heterocycles. The number of nitro benzene ring substituents is 1. The average molecular weight is 598 g/mol. The van der Waals surface area contributed by atoms with Crippen molar-refractivity contribution in [1.82, 2.24) is 10.6 Å². The van der Waals surface area contributed by atoms with Gasteiger partial charge >= 0.3 is 11.9 Å². The minimum Gasteiger partial charge on any atom is -0.493 e. The van der Waals surface area contributed by atoms with E-state index in [0.717, 1.165) is 17.7 Å². The zero-order valence-corrected chi connectivity index (χ0v) is 25.1. The van der Waals surface area contributed by atoms with E-state index in [1.54, 1.807) is 13.8 Å². The van der Waals surface area contributed by atoms with E-state index < -0.39 is 28.9 Å². The molecule has 2 aromatic rings. The number of nitrogens with zero attached hydrogens (tertiary/aromatic N) is 1. The molecular weight excluding hydrogens is 558 g/mol. The van der Waals surface area contributed by atoms with Gasteiger partial charge in [-0.3, -0.25) is 14.9 Å². The van der Waals surface area contributed by atoms with Gasteiger partial charge in [0.15, 0.2) is 0 Å². The molecule has 3 N–H and O–H groups in total. The Balaban J connectivity index is 1.66. The first-order valence-electron chi connectivity index (χ1n) is 14.0. The summed E-state index contributed by atoms with van der Waals surface area (Å²) >= 11 is 0. The van der Waals surface area contributed by atoms with Crippen molar-refractivity contribution in [2.45, 2.75) is 52.6 Å². The SMILES string of the molecule is COC(=O)C1=C(C)NC(C)=C(OC(C)=O)C1c1cc([N+](=O)[O-])ccc1OCCCCNC[C@H](O)COc1ccccc1C. The Labute approximate surface area is 250 Å². The molecule has 2 atom stereocenters. The highest BCUT2D eigenvalue weighted by Gasteiger charge is 2.38. The lowest BCUT2D eigenvalue weighted by atomic mass is 9.84. The molecule has 1 aliphatic heterocycles. The fourth-order valence-electron chi connectivity index (χ4n) is 4.71. The molecule has 0 aromatic heterocycles. The van der Waals surface area contributed by atoms with E-state index >= 15 is 0 Å². The number of methoxy groups -OCH3 is 1. The van der Waals surface area contributed by atoms with Crippen LogP contribution in [0.15, 0.2) is 65.2 Å². The molecule has 0 bridgehead atoms. The number of nitrogens with one attached hydrogen (secondary N) is 2. The number of esters is 2. The Hall–Kier alpha value is -4.42. The van der Waals surface area contributed by atoms with Gasteiger partial charge in [-0.05, 0) is 57.9 Å². The highest BCUT2D eigenvalue weighted by atomic mass is 16.6. The van der Waals surface area contributed by atoms with E-state index in [0.29, 0.717) is 42.2 Å². The summed E-state index contributed by atoms with van der Waals surface area (Å²) in [6.07, 6.45) is 0.688. The topological polar surface area (TPSA) is 158 Å². The first-order valence-corrected chi connectivity index (χ1v) is 14.0. The molecule has 1 unspecified atom stereocenters. The smallest absolute Gasteiger partial charge is 0.336 e. The van der Waals surface area contributed by atoms with Gasteiger partial charge in [-0.25, -0.2) is 4.79 Å². The fraction of sp³-hybridized carbons (Fsp3) is 0.419. The predicted octanol–water partition coefficient (Wildman–Crippen LogP) is 4.02. The van der Waals surface area contributed by atoms with Crippen molar-refractivity contribution >= 4 is 17.6 Å². The van der Waals surface area contributed by atoms with Gasteiger partial charge in [0.05, 0.1) is 35.8 Å². The first kappa shape index (κ1) is 33.1. The number of non-ortho nitro benzene ring substituents is 1. The van der Waals surface area contributed by atoms with E-state index in [9.17, 15) is 24.8 Å². The van der Waals surface area contributed by atoms with Gasteiger partial charge in [-0.15, -0.1) is 0 Å². The maximum atomic E-state index is 12.9. The van der Waals surface area contributed by atoms with Crippen LogP contribution in [0.2, 0.25) is 0 Å². The number of unbranched alkanes of at least 4 members (excludes halogenated alkanes) is 1. The van der Waals surface area contributed by atoms with Crippen molar-refractivity contribution in [2.75, 3.05) is 33.4 Å². The molecule has 1 aliphatic rings. The molecule has 2 aromatic carbocycles. The van der Waals surface area contributed by atoms with Crippen molar-refractivity contribution in [1.29, 1.82) is 0 Å². The van der Waals surface area contributed by atoms with Crippen molar-refractivity contribution in [3.05, 3.63) is 86.4 Å². The predicted molar refractivity (Wildman–Crippen MR) is 158 cm³/mol. The highest BCUT2D eigenvalue weighted by Crippen LogP contribution is 2.44. The number of carbonyl (C=O) groups excluding carboxylic acids is 2. The molecule has 0 saturated carbocycles. The van der Waals surface area contributed by atoms with Gasteiger partial charge in [0, 0.05) is 36.9 Å². The van der Waals surface area contributed by atoms with Crippen LogP contribution in [0.25, 0.3) is 0 Å². The number of rotatable bonds is 15. The number of allylic oxidation sites excluding steroid dienone is 3. The number of aliphatic hydroxyl groups is 1. The highest BCUT2D eigenvalue weighted by molar-refractivity contribution is 5.93. The normalized spacial score (nSPS) is 15.4. The second kappa shape index (κ2) is 15.7. The summed E-state index contributed by atoms with van der Waals surface area (Å²) < 4.78 is 22.3. The van der Waals surface area contributed by atoms with Crippen LogP contribution in [-0.4, -0.2) is 61.5 Å². The maximum absolute atomic E-state index is 12.9. The van der Waals surface area contributed by atoms with Crippen LogP contribution in [0.5, 0.6) is 11.5 Å². The molecule has 0 radical (unpaired) electrons. The number of benzene rings is 2. The Morgan fingerprint density at radius 1 is 1.07 bits per heavy atom. The number of aryl methyl sites for hydroxylation is 1. The summed E-state index contributed by atoms with van der Waals surface area (Å²) in [4.78, 5) is 36.0. The van der Waals surface area contributed by atoms with Gasteiger partial charge in [0.1, 0.15) is 30.0 Å². The summed E-state index contributed by atoms with van der Waals surface area (Å²) in [7, 11) is 1.23. The molecule has 0 aliphatic carbocycles. The Kier molecular flexibility index (Phi) is 12.1. The van der Waals surface area contributed by atoms with Crippen molar-refractivity contribution in [3.63, 3.8) is 0 Å². The van der Waals surface area contributed by atoms with Crippen LogP contribution in [0.4, 0.5) is 5.69 Å².